The second kappa shape index (κ2) is 5.97. The Kier molecular flexibility index (Phi) is 4.83. The van der Waals surface area contributed by atoms with Crippen molar-refractivity contribution >= 4 is 11.7 Å². The lowest BCUT2D eigenvalue weighted by atomic mass is 9.93. The van der Waals surface area contributed by atoms with Gasteiger partial charge in [0.15, 0.2) is 11.5 Å². The lowest BCUT2D eigenvalue weighted by Crippen LogP contribution is -2.37. The zero-order chi connectivity index (χ0) is 14.6. The summed E-state index contributed by atoms with van der Waals surface area (Å²) in [5.74, 6) is 0.584. The molecule has 0 aliphatic rings. The molecule has 1 aromatic heterocycles. The molecule has 1 aromatic rings. The summed E-state index contributed by atoms with van der Waals surface area (Å²) in [6.45, 7) is 5.57. The van der Waals surface area contributed by atoms with Crippen LogP contribution >= 0.6 is 0 Å². The van der Waals surface area contributed by atoms with E-state index in [0.717, 1.165) is 12.4 Å². The summed E-state index contributed by atoms with van der Waals surface area (Å²) in [6, 6.07) is 3.49. The van der Waals surface area contributed by atoms with Crippen molar-refractivity contribution in [2.75, 3.05) is 39.1 Å². The van der Waals surface area contributed by atoms with E-state index in [1.54, 1.807) is 26.2 Å². The highest BCUT2D eigenvalue weighted by atomic mass is 16.2. The molecule has 0 saturated carbocycles. The highest BCUT2D eigenvalue weighted by molar-refractivity contribution is 5.91. The zero-order valence-electron chi connectivity index (χ0n) is 12.3. The van der Waals surface area contributed by atoms with Gasteiger partial charge in [0.05, 0.1) is 0 Å². The smallest absolute Gasteiger partial charge is 0.273 e. The Hall–Kier alpha value is -1.69. The minimum Gasteiger partial charge on any atom is -0.358 e. The number of anilines is 1. The van der Waals surface area contributed by atoms with Gasteiger partial charge in [0.25, 0.3) is 5.91 Å². The van der Waals surface area contributed by atoms with E-state index in [4.69, 9.17) is 5.73 Å². The summed E-state index contributed by atoms with van der Waals surface area (Å²) in [7, 11) is 5.32. The molecule has 0 aromatic carbocycles. The molecule has 0 spiro atoms. The van der Waals surface area contributed by atoms with Crippen molar-refractivity contribution < 1.29 is 4.79 Å². The number of carbonyl (C=O) groups is 1. The second-order valence-electron chi connectivity index (χ2n) is 5.70. The van der Waals surface area contributed by atoms with Gasteiger partial charge >= 0.3 is 0 Å². The monoisotopic (exact) mass is 265 g/mol. The van der Waals surface area contributed by atoms with Gasteiger partial charge in [0, 0.05) is 27.7 Å². The molecule has 6 heteroatoms. The molecular weight excluding hydrogens is 242 g/mol. The molecule has 106 valence electrons. The summed E-state index contributed by atoms with van der Waals surface area (Å²) < 4.78 is 0. The number of nitrogens with zero attached hydrogens (tertiary/aromatic N) is 4. The van der Waals surface area contributed by atoms with Gasteiger partial charge in [-0.1, -0.05) is 13.8 Å². The fourth-order valence-corrected chi connectivity index (χ4v) is 1.66. The Morgan fingerprint density at radius 3 is 2.32 bits per heavy atom. The molecule has 0 saturated heterocycles. The van der Waals surface area contributed by atoms with E-state index in [1.165, 1.54) is 4.90 Å². The summed E-state index contributed by atoms with van der Waals surface area (Å²) in [5, 5.41) is 8.05. The van der Waals surface area contributed by atoms with E-state index >= 15 is 0 Å². The Morgan fingerprint density at radius 1 is 1.26 bits per heavy atom. The third-order valence-corrected chi connectivity index (χ3v) is 2.88. The van der Waals surface area contributed by atoms with Crippen LogP contribution in [0, 0.1) is 5.41 Å². The molecule has 0 unspecified atom stereocenters. The predicted octanol–water partition coefficient (Wildman–Crippen LogP) is 0.600. The quantitative estimate of drug-likeness (QED) is 0.843. The van der Waals surface area contributed by atoms with E-state index in [-0.39, 0.29) is 11.3 Å². The van der Waals surface area contributed by atoms with Crippen LogP contribution in [0.5, 0.6) is 0 Å². The molecule has 1 amide bonds. The van der Waals surface area contributed by atoms with Crippen molar-refractivity contribution in [2.45, 2.75) is 13.8 Å². The molecule has 19 heavy (non-hydrogen) atoms. The normalized spacial score (nSPS) is 11.3. The number of nitrogens with two attached hydrogens (primary N) is 1. The fraction of sp³-hybridized carbons (Fsp3) is 0.615. The number of rotatable bonds is 5. The van der Waals surface area contributed by atoms with Crippen LogP contribution < -0.4 is 10.6 Å². The first kappa shape index (κ1) is 15.4. The number of aromatic nitrogens is 2. The van der Waals surface area contributed by atoms with E-state index in [2.05, 4.69) is 24.0 Å². The van der Waals surface area contributed by atoms with Crippen molar-refractivity contribution in [3.63, 3.8) is 0 Å². The van der Waals surface area contributed by atoms with Gasteiger partial charge in [0.2, 0.25) is 0 Å². The molecule has 1 heterocycles. The highest BCUT2D eigenvalue weighted by Gasteiger charge is 2.19. The lowest BCUT2D eigenvalue weighted by molar-refractivity contribution is 0.0821. The van der Waals surface area contributed by atoms with Gasteiger partial charge in [-0.2, -0.15) is 0 Å². The molecule has 0 aliphatic heterocycles. The van der Waals surface area contributed by atoms with E-state index in [0.29, 0.717) is 12.2 Å². The van der Waals surface area contributed by atoms with Crippen LogP contribution in [-0.4, -0.2) is 55.2 Å². The average molecular weight is 265 g/mol. The van der Waals surface area contributed by atoms with Crippen LogP contribution in [0.15, 0.2) is 12.1 Å². The molecule has 6 nitrogen and oxygen atoms in total. The summed E-state index contributed by atoms with van der Waals surface area (Å²) in [5.41, 5.74) is 6.07. The van der Waals surface area contributed by atoms with Crippen LogP contribution in [0.1, 0.15) is 24.3 Å². The number of carbonyl (C=O) groups excluding carboxylic acids is 1. The first-order chi connectivity index (χ1) is 8.76. The first-order valence-corrected chi connectivity index (χ1v) is 6.23. The van der Waals surface area contributed by atoms with Gasteiger partial charge < -0.3 is 15.5 Å². The lowest BCUT2D eigenvalue weighted by Gasteiger charge is -2.29. The first-order valence-electron chi connectivity index (χ1n) is 6.23. The van der Waals surface area contributed by atoms with Crippen molar-refractivity contribution in [1.82, 2.24) is 15.1 Å². The zero-order valence-corrected chi connectivity index (χ0v) is 12.3. The van der Waals surface area contributed by atoms with E-state index < -0.39 is 0 Å². The molecule has 0 radical (unpaired) electrons. The summed E-state index contributed by atoms with van der Waals surface area (Å²) >= 11 is 0. The third kappa shape index (κ3) is 4.17. The van der Waals surface area contributed by atoms with Crippen LogP contribution in [0.3, 0.4) is 0 Å². The minimum absolute atomic E-state index is 0.00849. The number of hydrogen-bond acceptors (Lipinski definition) is 5. The van der Waals surface area contributed by atoms with Crippen LogP contribution in [0.25, 0.3) is 0 Å². The van der Waals surface area contributed by atoms with Crippen molar-refractivity contribution in [1.29, 1.82) is 0 Å². The molecule has 1 rings (SSSR count). The standard InChI is InChI=1S/C13H23N5O/c1-13(2,8-14)9-18(5)11-7-6-10(15-16-11)12(19)17(3)4/h6-7H,8-9,14H2,1-5H3. The Morgan fingerprint density at radius 2 is 1.89 bits per heavy atom. The molecule has 2 N–H and O–H groups in total. The van der Waals surface area contributed by atoms with Crippen LogP contribution in [-0.2, 0) is 0 Å². The van der Waals surface area contributed by atoms with Gasteiger partial charge in [-0.3, -0.25) is 4.79 Å². The Balaban J connectivity index is 2.79. The van der Waals surface area contributed by atoms with Crippen molar-refractivity contribution in [3.05, 3.63) is 17.8 Å². The third-order valence-electron chi connectivity index (χ3n) is 2.88. The van der Waals surface area contributed by atoms with Crippen molar-refractivity contribution in [2.24, 2.45) is 11.1 Å². The maximum Gasteiger partial charge on any atom is 0.273 e. The molecular formula is C13H23N5O. The topological polar surface area (TPSA) is 75.4 Å². The van der Waals surface area contributed by atoms with Gasteiger partial charge in [-0.25, -0.2) is 0 Å². The maximum absolute atomic E-state index is 11.7. The number of hydrogen-bond donors (Lipinski definition) is 1. The highest BCUT2D eigenvalue weighted by Crippen LogP contribution is 2.17. The Labute approximate surface area is 114 Å². The molecule has 0 fully saturated rings. The van der Waals surface area contributed by atoms with Crippen LogP contribution in [0.4, 0.5) is 5.82 Å². The summed E-state index contributed by atoms with van der Waals surface area (Å²) in [4.78, 5) is 15.2. The van der Waals surface area contributed by atoms with E-state index in [9.17, 15) is 4.79 Å². The van der Waals surface area contributed by atoms with Gasteiger partial charge in [-0.05, 0) is 24.1 Å². The largest absolute Gasteiger partial charge is 0.358 e. The van der Waals surface area contributed by atoms with Crippen LogP contribution in [0.2, 0.25) is 0 Å². The molecule has 0 bridgehead atoms. The fourth-order valence-electron chi connectivity index (χ4n) is 1.66. The van der Waals surface area contributed by atoms with E-state index in [1.807, 2.05) is 11.9 Å². The average Bonchev–Trinajstić information content (AvgIpc) is 2.37. The summed E-state index contributed by atoms with van der Waals surface area (Å²) in [6.07, 6.45) is 0. The second-order valence-corrected chi connectivity index (χ2v) is 5.70. The van der Waals surface area contributed by atoms with Gasteiger partial charge in [-0.15, -0.1) is 10.2 Å². The van der Waals surface area contributed by atoms with Gasteiger partial charge in [0.1, 0.15) is 0 Å². The molecule has 0 atom stereocenters. The molecule has 0 aliphatic carbocycles. The maximum atomic E-state index is 11.7. The number of amides is 1. The Bertz CT molecular complexity index is 427. The SMILES string of the molecule is CN(C)C(=O)c1ccc(N(C)CC(C)(C)CN)nn1. The minimum atomic E-state index is -0.149. The predicted molar refractivity (Wildman–Crippen MR) is 76.2 cm³/mol. The van der Waals surface area contributed by atoms with Crippen molar-refractivity contribution in [3.8, 4) is 0 Å².